The summed E-state index contributed by atoms with van der Waals surface area (Å²) in [5.74, 6) is 0. The van der Waals surface area contributed by atoms with Gasteiger partial charge in [0, 0.05) is 18.5 Å². The normalized spacial score (nSPS) is 16.0. The van der Waals surface area contributed by atoms with Gasteiger partial charge in [0.25, 0.3) is 0 Å². The molecule has 2 aromatic carbocycles. The van der Waals surface area contributed by atoms with Crippen LogP contribution < -0.4 is 5.43 Å². The van der Waals surface area contributed by atoms with E-state index < -0.39 is 0 Å². The van der Waals surface area contributed by atoms with Crippen LogP contribution >= 0.6 is 0 Å². The van der Waals surface area contributed by atoms with Crippen molar-refractivity contribution in [2.45, 2.75) is 19.8 Å². The molecule has 1 fully saturated rings. The molecule has 2 aromatic heterocycles. The van der Waals surface area contributed by atoms with Gasteiger partial charge in [0.1, 0.15) is 6.33 Å². The number of imidazole rings is 1. The molecule has 1 aliphatic rings. The van der Waals surface area contributed by atoms with E-state index in [2.05, 4.69) is 26.4 Å². The number of pyridine rings is 1. The van der Waals surface area contributed by atoms with Crippen molar-refractivity contribution in [1.82, 2.24) is 14.3 Å². The number of nitrogens with zero attached hydrogens (tertiary/aromatic N) is 3. The maximum absolute atomic E-state index is 13.4. The molecule has 5 heteroatoms. The molecule has 5 nitrogen and oxygen atoms in total. The van der Waals surface area contributed by atoms with Crippen LogP contribution in [-0.4, -0.2) is 47.1 Å². The summed E-state index contributed by atoms with van der Waals surface area (Å²) in [4.78, 5) is 20.3. The summed E-state index contributed by atoms with van der Waals surface area (Å²) in [6.45, 7) is 6.73. The quantitative estimate of drug-likeness (QED) is 0.524. The van der Waals surface area contributed by atoms with Gasteiger partial charge in [-0.1, -0.05) is 17.7 Å². The second kappa shape index (κ2) is 6.59. The van der Waals surface area contributed by atoms with Gasteiger partial charge in [0.2, 0.25) is 0 Å². The predicted molar refractivity (Wildman–Crippen MR) is 108 cm³/mol. The minimum Gasteiger partial charge on any atom is -0.379 e. The Kier molecular flexibility index (Phi) is 4.06. The predicted octanol–water partition coefficient (Wildman–Crippen LogP) is 3.01. The average molecular weight is 361 g/mol. The Morgan fingerprint density at radius 3 is 2.85 bits per heavy atom. The summed E-state index contributed by atoms with van der Waals surface area (Å²) in [5.41, 5.74) is 5.16. The van der Waals surface area contributed by atoms with Crippen LogP contribution in [0.15, 0.2) is 41.5 Å². The molecule has 0 saturated carbocycles. The zero-order valence-corrected chi connectivity index (χ0v) is 15.6. The third-order valence-electron chi connectivity index (χ3n) is 5.70. The molecule has 1 saturated heterocycles. The summed E-state index contributed by atoms with van der Waals surface area (Å²) in [5, 5.41) is 1.62. The molecule has 0 N–H and O–H groups in total. The first-order chi connectivity index (χ1) is 13.2. The van der Waals surface area contributed by atoms with Crippen molar-refractivity contribution in [1.29, 1.82) is 0 Å². The maximum atomic E-state index is 13.4. The van der Waals surface area contributed by atoms with Gasteiger partial charge in [-0.2, -0.15) is 0 Å². The van der Waals surface area contributed by atoms with Gasteiger partial charge in [0.15, 0.2) is 5.43 Å². The number of ether oxygens (including phenoxy) is 1. The van der Waals surface area contributed by atoms with E-state index in [1.54, 1.807) is 0 Å². The number of aryl methyl sites for hydroxylation is 2. The van der Waals surface area contributed by atoms with Crippen molar-refractivity contribution in [3.8, 4) is 0 Å². The lowest BCUT2D eigenvalue weighted by Gasteiger charge is -2.26. The number of rotatable bonds is 4. The summed E-state index contributed by atoms with van der Waals surface area (Å²) >= 11 is 0. The first-order valence-corrected chi connectivity index (χ1v) is 9.67. The number of hydrogen-bond acceptors (Lipinski definition) is 4. The first-order valence-electron chi connectivity index (χ1n) is 9.67. The summed E-state index contributed by atoms with van der Waals surface area (Å²) < 4.78 is 7.50. The Hall–Kier alpha value is -2.50. The van der Waals surface area contributed by atoms with E-state index in [-0.39, 0.29) is 5.43 Å². The van der Waals surface area contributed by atoms with Crippen molar-refractivity contribution < 1.29 is 4.74 Å². The molecule has 1 aliphatic heterocycles. The van der Waals surface area contributed by atoms with Crippen molar-refractivity contribution in [2.24, 2.45) is 0 Å². The smallest absolute Gasteiger partial charge is 0.197 e. The summed E-state index contributed by atoms with van der Waals surface area (Å²) in [6.07, 6.45) is 3.79. The highest BCUT2D eigenvalue weighted by Gasteiger charge is 2.17. The summed E-state index contributed by atoms with van der Waals surface area (Å²) in [7, 11) is 0. The minimum atomic E-state index is 0.133. The molecule has 0 radical (unpaired) electrons. The van der Waals surface area contributed by atoms with E-state index >= 15 is 0 Å². The molecule has 3 heterocycles. The van der Waals surface area contributed by atoms with Crippen LogP contribution in [0.4, 0.5) is 0 Å². The molecule has 0 bridgehead atoms. The maximum Gasteiger partial charge on any atom is 0.197 e. The minimum absolute atomic E-state index is 0.133. The molecule has 4 aromatic rings. The molecule has 5 rings (SSSR count). The van der Waals surface area contributed by atoms with E-state index in [1.807, 2.05) is 31.5 Å². The zero-order chi connectivity index (χ0) is 18.4. The van der Waals surface area contributed by atoms with E-state index in [0.29, 0.717) is 0 Å². The fourth-order valence-electron chi connectivity index (χ4n) is 4.29. The number of morpholine rings is 1. The van der Waals surface area contributed by atoms with Crippen LogP contribution in [-0.2, 0) is 11.2 Å². The van der Waals surface area contributed by atoms with Crippen molar-refractivity contribution >= 4 is 27.3 Å². The van der Waals surface area contributed by atoms with Crippen LogP contribution in [0.5, 0.6) is 0 Å². The highest BCUT2D eigenvalue weighted by atomic mass is 16.5. The molecular weight excluding hydrogens is 338 g/mol. The third kappa shape index (κ3) is 2.78. The molecule has 138 valence electrons. The molecule has 0 atom stereocenters. The molecule has 27 heavy (non-hydrogen) atoms. The van der Waals surface area contributed by atoms with Gasteiger partial charge >= 0.3 is 0 Å². The van der Waals surface area contributed by atoms with E-state index in [0.717, 1.165) is 84.1 Å². The fourth-order valence-corrected chi connectivity index (χ4v) is 4.29. The standard InChI is InChI=1S/C22H23N3O2/c1-15-4-7-19-17(13-15)22(26)20-16(3-2-8-24-9-11-27-12-10-24)5-6-18-21(20)25(19)14-23-18/h4-7,13-14H,2-3,8-12H2,1H3. The van der Waals surface area contributed by atoms with Gasteiger partial charge in [0.05, 0.1) is 35.2 Å². The lowest BCUT2D eigenvalue weighted by molar-refractivity contribution is 0.0375. The van der Waals surface area contributed by atoms with E-state index in [4.69, 9.17) is 4.74 Å². The van der Waals surface area contributed by atoms with E-state index in [1.165, 1.54) is 0 Å². The Bertz CT molecular complexity index is 1180. The average Bonchev–Trinajstić information content (AvgIpc) is 3.12. The second-order valence-corrected chi connectivity index (χ2v) is 7.49. The number of hydrogen-bond donors (Lipinski definition) is 0. The Balaban J connectivity index is 1.58. The number of aromatic nitrogens is 2. The highest BCUT2D eigenvalue weighted by Crippen LogP contribution is 2.26. The SMILES string of the molecule is Cc1ccc2c(c1)c(=O)c1c(CCCN3CCOCC3)ccc3ncn2c31. The molecular formula is C22H23N3O2. The van der Waals surface area contributed by atoms with Gasteiger partial charge in [-0.15, -0.1) is 0 Å². The summed E-state index contributed by atoms with van der Waals surface area (Å²) in [6, 6.07) is 10.2. The number of fused-ring (bicyclic) bond motifs is 2. The first kappa shape index (κ1) is 16.7. The highest BCUT2D eigenvalue weighted by molar-refractivity contribution is 6.02. The van der Waals surface area contributed by atoms with Gasteiger partial charge in [-0.05, 0) is 50.1 Å². The van der Waals surface area contributed by atoms with Crippen LogP contribution in [0.25, 0.3) is 27.3 Å². The Morgan fingerprint density at radius 2 is 2.00 bits per heavy atom. The topological polar surface area (TPSA) is 46.8 Å². The van der Waals surface area contributed by atoms with Crippen molar-refractivity contribution in [2.75, 3.05) is 32.8 Å². The molecule has 0 aliphatic carbocycles. The van der Waals surface area contributed by atoms with Gasteiger partial charge in [-0.25, -0.2) is 4.98 Å². The second-order valence-electron chi connectivity index (χ2n) is 7.49. The lowest BCUT2D eigenvalue weighted by Crippen LogP contribution is -2.36. The zero-order valence-electron chi connectivity index (χ0n) is 15.6. The molecule has 0 spiro atoms. The fraction of sp³-hybridized carbons (Fsp3) is 0.364. The third-order valence-corrected chi connectivity index (χ3v) is 5.70. The largest absolute Gasteiger partial charge is 0.379 e. The Morgan fingerprint density at radius 1 is 1.15 bits per heavy atom. The molecule has 0 amide bonds. The number of benzene rings is 2. The van der Waals surface area contributed by atoms with Gasteiger partial charge in [-0.3, -0.25) is 14.1 Å². The van der Waals surface area contributed by atoms with Crippen LogP contribution in [0.2, 0.25) is 0 Å². The lowest BCUT2D eigenvalue weighted by atomic mass is 10.00. The van der Waals surface area contributed by atoms with Gasteiger partial charge < -0.3 is 4.74 Å². The van der Waals surface area contributed by atoms with E-state index in [9.17, 15) is 4.79 Å². The van der Waals surface area contributed by atoms with Crippen LogP contribution in [0, 0.1) is 6.92 Å². The van der Waals surface area contributed by atoms with Crippen LogP contribution in [0.1, 0.15) is 17.5 Å². The monoisotopic (exact) mass is 361 g/mol. The van der Waals surface area contributed by atoms with Crippen LogP contribution in [0.3, 0.4) is 0 Å². The van der Waals surface area contributed by atoms with Crippen molar-refractivity contribution in [3.63, 3.8) is 0 Å². The van der Waals surface area contributed by atoms with Crippen molar-refractivity contribution in [3.05, 3.63) is 58.0 Å². The Labute approximate surface area is 157 Å². The molecule has 0 unspecified atom stereocenters.